The molecule has 2 aromatic carbocycles. The Bertz CT molecular complexity index is 1110. The minimum Gasteiger partial charge on any atom is -0.493 e. The SMILES string of the molecule is COc1ccc(-c2noc(Cc3nnc(-c4cccc(F)c4)o3)n2)cc1OC. The smallest absolute Gasteiger partial charge is 0.247 e. The van der Waals surface area contributed by atoms with Crippen LogP contribution in [0.25, 0.3) is 22.8 Å². The first-order chi connectivity index (χ1) is 13.7. The molecular formula is C19H15FN4O4. The average Bonchev–Trinajstić information content (AvgIpc) is 3.37. The quantitative estimate of drug-likeness (QED) is 0.500. The number of halogens is 1. The van der Waals surface area contributed by atoms with Gasteiger partial charge >= 0.3 is 0 Å². The van der Waals surface area contributed by atoms with Gasteiger partial charge in [-0.15, -0.1) is 10.2 Å². The summed E-state index contributed by atoms with van der Waals surface area (Å²) in [7, 11) is 3.11. The molecule has 0 N–H and O–H groups in total. The molecule has 4 rings (SSSR count). The van der Waals surface area contributed by atoms with Gasteiger partial charge in [-0.25, -0.2) is 4.39 Å². The molecule has 8 nitrogen and oxygen atoms in total. The van der Waals surface area contributed by atoms with Crippen molar-refractivity contribution < 1.29 is 22.8 Å². The lowest BCUT2D eigenvalue weighted by molar-refractivity contribution is 0.355. The number of hydrogen-bond acceptors (Lipinski definition) is 8. The van der Waals surface area contributed by atoms with Crippen LogP contribution in [0.2, 0.25) is 0 Å². The molecule has 9 heteroatoms. The molecule has 0 aliphatic carbocycles. The van der Waals surface area contributed by atoms with Crippen LogP contribution in [0.15, 0.2) is 51.4 Å². The lowest BCUT2D eigenvalue weighted by Gasteiger charge is -2.07. The van der Waals surface area contributed by atoms with E-state index < -0.39 is 0 Å². The predicted molar refractivity (Wildman–Crippen MR) is 95.3 cm³/mol. The topological polar surface area (TPSA) is 96.3 Å². The lowest BCUT2D eigenvalue weighted by Crippen LogP contribution is -1.92. The van der Waals surface area contributed by atoms with Gasteiger partial charge in [-0.2, -0.15) is 4.98 Å². The summed E-state index contributed by atoms with van der Waals surface area (Å²) in [4.78, 5) is 4.34. The largest absolute Gasteiger partial charge is 0.493 e. The van der Waals surface area contributed by atoms with E-state index in [9.17, 15) is 4.39 Å². The van der Waals surface area contributed by atoms with Gasteiger partial charge in [-0.05, 0) is 36.4 Å². The molecule has 0 unspecified atom stereocenters. The molecule has 2 heterocycles. The van der Waals surface area contributed by atoms with Crippen LogP contribution in [-0.4, -0.2) is 34.6 Å². The zero-order valence-electron chi connectivity index (χ0n) is 15.0. The van der Waals surface area contributed by atoms with Crippen LogP contribution in [-0.2, 0) is 6.42 Å². The molecule has 0 atom stereocenters. The number of benzene rings is 2. The van der Waals surface area contributed by atoms with Crippen LogP contribution in [0.3, 0.4) is 0 Å². The Labute approximate surface area is 158 Å². The highest BCUT2D eigenvalue weighted by Gasteiger charge is 2.16. The summed E-state index contributed by atoms with van der Waals surface area (Å²) >= 11 is 0. The van der Waals surface area contributed by atoms with Gasteiger partial charge in [0.2, 0.25) is 23.5 Å². The molecule has 0 aliphatic heterocycles. The summed E-state index contributed by atoms with van der Waals surface area (Å²) < 4.78 is 34.7. The molecule has 0 saturated carbocycles. The molecule has 0 aliphatic rings. The zero-order valence-corrected chi connectivity index (χ0v) is 15.0. The third kappa shape index (κ3) is 3.54. The van der Waals surface area contributed by atoms with Crippen molar-refractivity contribution in [3.8, 4) is 34.3 Å². The van der Waals surface area contributed by atoms with Gasteiger partial charge in [0.1, 0.15) is 12.2 Å². The molecule has 0 radical (unpaired) electrons. The van der Waals surface area contributed by atoms with Crippen molar-refractivity contribution in [3.05, 3.63) is 60.1 Å². The first-order valence-corrected chi connectivity index (χ1v) is 8.29. The number of ether oxygens (including phenoxy) is 2. The first kappa shape index (κ1) is 17.7. The molecule has 2 aromatic heterocycles. The van der Waals surface area contributed by atoms with Crippen LogP contribution >= 0.6 is 0 Å². The average molecular weight is 382 g/mol. The van der Waals surface area contributed by atoms with Gasteiger partial charge < -0.3 is 18.4 Å². The third-order valence-corrected chi connectivity index (χ3v) is 3.95. The molecule has 0 amide bonds. The second-order valence-electron chi connectivity index (χ2n) is 5.77. The van der Waals surface area contributed by atoms with Gasteiger partial charge in [-0.3, -0.25) is 0 Å². The maximum atomic E-state index is 13.3. The highest BCUT2D eigenvalue weighted by atomic mass is 19.1. The third-order valence-electron chi connectivity index (χ3n) is 3.95. The van der Waals surface area contributed by atoms with Crippen LogP contribution in [0.4, 0.5) is 4.39 Å². The Hall–Kier alpha value is -3.75. The fourth-order valence-corrected chi connectivity index (χ4v) is 2.61. The number of nitrogens with zero attached hydrogens (tertiary/aromatic N) is 4. The highest BCUT2D eigenvalue weighted by molar-refractivity contribution is 5.60. The van der Waals surface area contributed by atoms with Gasteiger partial charge in [0.25, 0.3) is 0 Å². The standard InChI is InChI=1S/C19H15FN4O4/c1-25-14-7-6-11(9-15(14)26-2)18-21-16(28-24-18)10-17-22-23-19(27-17)12-4-3-5-13(20)8-12/h3-9H,10H2,1-2H3. The number of aromatic nitrogens is 4. The predicted octanol–water partition coefficient (Wildman–Crippen LogP) is 3.53. The van der Waals surface area contributed by atoms with E-state index in [2.05, 4.69) is 20.3 Å². The lowest BCUT2D eigenvalue weighted by atomic mass is 10.2. The maximum absolute atomic E-state index is 13.3. The van der Waals surface area contributed by atoms with Crippen LogP contribution in [0.1, 0.15) is 11.8 Å². The van der Waals surface area contributed by atoms with Crippen molar-refractivity contribution >= 4 is 0 Å². The van der Waals surface area contributed by atoms with E-state index in [1.165, 1.54) is 12.1 Å². The minimum atomic E-state index is -0.381. The Morgan fingerprint density at radius 1 is 0.929 bits per heavy atom. The Morgan fingerprint density at radius 3 is 2.57 bits per heavy atom. The molecular weight excluding hydrogens is 367 g/mol. The highest BCUT2D eigenvalue weighted by Crippen LogP contribution is 2.31. The summed E-state index contributed by atoms with van der Waals surface area (Å²) in [6.45, 7) is 0. The van der Waals surface area contributed by atoms with Crippen LogP contribution in [0.5, 0.6) is 11.5 Å². The van der Waals surface area contributed by atoms with Gasteiger partial charge in [0.05, 0.1) is 14.2 Å². The van der Waals surface area contributed by atoms with Gasteiger partial charge in [-0.1, -0.05) is 11.2 Å². The molecule has 0 bridgehead atoms. The normalized spacial score (nSPS) is 10.8. The van der Waals surface area contributed by atoms with Gasteiger partial charge in [0.15, 0.2) is 11.5 Å². The first-order valence-electron chi connectivity index (χ1n) is 8.29. The summed E-state index contributed by atoms with van der Waals surface area (Å²) in [5.74, 6) is 1.97. The van der Waals surface area contributed by atoms with Crippen molar-refractivity contribution in [2.24, 2.45) is 0 Å². The van der Waals surface area contributed by atoms with E-state index in [1.807, 2.05) is 0 Å². The summed E-state index contributed by atoms with van der Waals surface area (Å²) in [6.07, 6.45) is 0.155. The second-order valence-corrected chi connectivity index (χ2v) is 5.77. The van der Waals surface area contributed by atoms with E-state index >= 15 is 0 Å². The van der Waals surface area contributed by atoms with E-state index in [1.54, 1.807) is 44.6 Å². The minimum absolute atomic E-state index is 0.155. The summed E-state index contributed by atoms with van der Waals surface area (Å²) in [6, 6.07) is 11.2. The number of methoxy groups -OCH3 is 2. The molecule has 0 spiro atoms. The van der Waals surface area contributed by atoms with Crippen molar-refractivity contribution in [1.29, 1.82) is 0 Å². The molecule has 4 aromatic rings. The monoisotopic (exact) mass is 382 g/mol. The number of rotatable bonds is 6. The van der Waals surface area contributed by atoms with E-state index in [4.69, 9.17) is 18.4 Å². The van der Waals surface area contributed by atoms with E-state index in [0.29, 0.717) is 34.3 Å². The zero-order chi connectivity index (χ0) is 19.5. The second kappa shape index (κ2) is 7.47. The Morgan fingerprint density at radius 2 is 1.79 bits per heavy atom. The van der Waals surface area contributed by atoms with Gasteiger partial charge in [0, 0.05) is 11.1 Å². The van der Waals surface area contributed by atoms with Crippen molar-refractivity contribution in [3.63, 3.8) is 0 Å². The van der Waals surface area contributed by atoms with E-state index in [-0.39, 0.29) is 24.0 Å². The summed E-state index contributed by atoms with van der Waals surface area (Å²) in [5, 5.41) is 11.8. The Kier molecular flexibility index (Phi) is 4.71. The fourth-order valence-electron chi connectivity index (χ4n) is 2.61. The molecule has 0 saturated heterocycles. The van der Waals surface area contributed by atoms with Crippen molar-refractivity contribution in [1.82, 2.24) is 20.3 Å². The van der Waals surface area contributed by atoms with Crippen molar-refractivity contribution in [2.45, 2.75) is 6.42 Å². The van der Waals surface area contributed by atoms with E-state index in [0.717, 1.165) is 0 Å². The fraction of sp³-hybridized carbons (Fsp3) is 0.158. The molecule has 0 fully saturated rings. The molecule has 28 heavy (non-hydrogen) atoms. The van der Waals surface area contributed by atoms with Crippen LogP contribution in [0, 0.1) is 5.82 Å². The Balaban J connectivity index is 1.53. The van der Waals surface area contributed by atoms with Crippen molar-refractivity contribution in [2.75, 3.05) is 14.2 Å². The summed E-state index contributed by atoms with van der Waals surface area (Å²) in [5.41, 5.74) is 1.20. The molecule has 142 valence electrons. The van der Waals surface area contributed by atoms with Crippen LogP contribution < -0.4 is 9.47 Å². The maximum Gasteiger partial charge on any atom is 0.247 e. The number of hydrogen-bond donors (Lipinski definition) is 0.